The van der Waals surface area contributed by atoms with Crippen LogP contribution in [-0.2, 0) is 22.5 Å². The zero-order valence-corrected chi connectivity index (χ0v) is 19.0. The van der Waals surface area contributed by atoms with Gasteiger partial charge in [0.05, 0.1) is 12.5 Å². The predicted molar refractivity (Wildman–Crippen MR) is 125 cm³/mol. The van der Waals surface area contributed by atoms with Crippen molar-refractivity contribution in [2.24, 2.45) is 0 Å². The summed E-state index contributed by atoms with van der Waals surface area (Å²) in [4.78, 5) is 29.2. The van der Waals surface area contributed by atoms with E-state index < -0.39 is 18.2 Å². The molecule has 1 amide bonds. The number of amides is 1. The number of nitrogens with zero attached hydrogens (tertiary/aromatic N) is 2. The number of aromatic nitrogens is 2. The van der Waals surface area contributed by atoms with E-state index >= 15 is 0 Å². The summed E-state index contributed by atoms with van der Waals surface area (Å²) in [6.45, 7) is 2.71. The van der Waals surface area contributed by atoms with Gasteiger partial charge in [-0.1, -0.05) is 30.3 Å². The number of imidazole rings is 1. The van der Waals surface area contributed by atoms with E-state index in [1.54, 1.807) is 12.1 Å². The van der Waals surface area contributed by atoms with Crippen LogP contribution >= 0.6 is 0 Å². The molecule has 1 saturated heterocycles. The normalized spacial score (nSPS) is 17.9. The lowest BCUT2D eigenvalue weighted by atomic mass is 10.0. The molecule has 2 atom stereocenters. The van der Waals surface area contributed by atoms with Gasteiger partial charge in [0.2, 0.25) is 0 Å². The second kappa shape index (κ2) is 10.6. The molecule has 34 heavy (non-hydrogen) atoms. The van der Waals surface area contributed by atoms with Crippen LogP contribution in [-0.4, -0.2) is 45.3 Å². The number of hydrogen-bond acceptors (Lipinski definition) is 5. The Bertz CT molecular complexity index is 1140. The Labute approximate surface area is 197 Å². The fourth-order valence-electron chi connectivity index (χ4n) is 4.20. The van der Waals surface area contributed by atoms with Crippen molar-refractivity contribution in [3.8, 4) is 11.4 Å². The number of carbonyl (C=O) groups excluding carboxylic acids is 2. The van der Waals surface area contributed by atoms with E-state index in [2.05, 4.69) is 10.3 Å². The highest BCUT2D eigenvalue weighted by Crippen LogP contribution is 2.25. The van der Waals surface area contributed by atoms with Crippen LogP contribution in [0.3, 0.4) is 0 Å². The zero-order valence-electron chi connectivity index (χ0n) is 19.0. The summed E-state index contributed by atoms with van der Waals surface area (Å²) in [6, 6.07) is 15.8. The van der Waals surface area contributed by atoms with Gasteiger partial charge in [0, 0.05) is 37.2 Å². The maximum atomic E-state index is 13.5. The highest BCUT2D eigenvalue weighted by molar-refractivity contribution is 5.94. The number of cyclic esters (lactones) is 1. The van der Waals surface area contributed by atoms with Crippen molar-refractivity contribution in [2.45, 2.75) is 51.4 Å². The zero-order chi connectivity index (χ0) is 24.1. The molecule has 1 aromatic heterocycles. The Balaban J connectivity index is 1.53. The molecule has 0 bridgehead atoms. The minimum absolute atomic E-state index is 0.00866. The Hall–Kier alpha value is -3.52. The van der Waals surface area contributed by atoms with Crippen LogP contribution in [0.5, 0.6) is 0 Å². The van der Waals surface area contributed by atoms with Gasteiger partial charge in [-0.2, -0.15) is 0 Å². The third-order valence-electron chi connectivity index (χ3n) is 5.99. The second-order valence-electron chi connectivity index (χ2n) is 8.51. The van der Waals surface area contributed by atoms with E-state index in [-0.39, 0.29) is 18.1 Å². The van der Waals surface area contributed by atoms with Crippen molar-refractivity contribution in [1.82, 2.24) is 14.9 Å². The fraction of sp³-hybridized carbons (Fsp3) is 0.346. The monoisotopic (exact) mass is 465 g/mol. The Morgan fingerprint density at radius 2 is 1.94 bits per heavy atom. The molecule has 2 aromatic carbocycles. The minimum Gasteiger partial charge on any atom is -0.462 e. The summed E-state index contributed by atoms with van der Waals surface area (Å²) in [5.41, 5.74) is 2.77. The average molecular weight is 466 g/mol. The first kappa shape index (κ1) is 23.6. The minimum atomic E-state index is -0.711. The molecule has 4 rings (SSSR count). The van der Waals surface area contributed by atoms with Crippen LogP contribution in [0.1, 0.15) is 41.0 Å². The first-order chi connectivity index (χ1) is 16.4. The summed E-state index contributed by atoms with van der Waals surface area (Å²) in [5, 5.41) is 12.8. The standard InChI is InChI=1S/C26H28FN3O4/c1-17-24(26(33)28-13-11-18-5-3-2-4-6-18)29-25(19-7-9-20(27)10-8-19)30(17)14-12-22-15-21(31)16-23(32)34-22/h2-10,21-22,31H,11-16H2,1H3,(H,28,33)/t21-,22-/m1/s1. The van der Waals surface area contributed by atoms with Gasteiger partial charge in [-0.05, 0) is 43.2 Å². The van der Waals surface area contributed by atoms with Crippen LogP contribution in [0.15, 0.2) is 54.6 Å². The molecule has 1 aliphatic heterocycles. The number of carbonyl (C=O) groups is 2. The molecule has 0 unspecified atom stereocenters. The number of hydrogen-bond donors (Lipinski definition) is 2. The predicted octanol–water partition coefficient (Wildman–Crippen LogP) is 3.43. The molecule has 8 heteroatoms. The molecule has 7 nitrogen and oxygen atoms in total. The van der Waals surface area contributed by atoms with Gasteiger partial charge in [-0.15, -0.1) is 0 Å². The molecule has 1 fully saturated rings. The lowest BCUT2D eigenvalue weighted by molar-refractivity contribution is -0.160. The van der Waals surface area contributed by atoms with Gasteiger partial charge in [-0.3, -0.25) is 9.59 Å². The van der Waals surface area contributed by atoms with Crippen molar-refractivity contribution in [3.05, 3.63) is 77.4 Å². The molecule has 2 N–H and O–H groups in total. The van der Waals surface area contributed by atoms with E-state index in [9.17, 15) is 19.1 Å². The van der Waals surface area contributed by atoms with E-state index in [1.165, 1.54) is 12.1 Å². The number of benzene rings is 2. The van der Waals surface area contributed by atoms with Crippen molar-refractivity contribution >= 4 is 11.9 Å². The second-order valence-corrected chi connectivity index (χ2v) is 8.51. The molecule has 0 saturated carbocycles. The highest BCUT2D eigenvalue weighted by Gasteiger charge is 2.28. The van der Waals surface area contributed by atoms with Gasteiger partial charge in [0.15, 0.2) is 0 Å². The quantitative estimate of drug-likeness (QED) is 0.497. The van der Waals surface area contributed by atoms with E-state index in [1.807, 2.05) is 41.8 Å². The topological polar surface area (TPSA) is 93.5 Å². The van der Waals surface area contributed by atoms with Crippen LogP contribution in [0.25, 0.3) is 11.4 Å². The maximum Gasteiger partial charge on any atom is 0.308 e. The number of halogens is 1. The molecule has 1 aliphatic rings. The molecular formula is C26H28FN3O4. The van der Waals surface area contributed by atoms with Gasteiger partial charge in [0.1, 0.15) is 23.4 Å². The molecule has 2 heterocycles. The Morgan fingerprint density at radius 1 is 1.21 bits per heavy atom. The van der Waals surface area contributed by atoms with Crippen molar-refractivity contribution in [3.63, 3.8) is 0 Å². The van der Waals surface area contributed by atoms with Gasteiger partial charge in [0.25, 0.3) is 5.91 Å². The number of ether oxygens (including phenoxy) is 1. The Morgan fingerprint density at radius 3 is 2.65 bits per heavy atom. The number of esters is 1. The van der Waals surface area contributed by atoms with Crippen LogP contribution in [0.4, 0.5) is 4.39 Å². The lowest BCUT2D eigenvalue weighted by Gasteiger charge is -2.26. The fourth-order valence-corrected chi connectivity index (χ4v) is 4.20. The van der Waals surface area contributed by atoms with E-state index in [0.29, 0.717) is 55.1 Å². The molecule has 0 radical (unpaired) electrons. The van der Waals surface area contributed by atoms with Crippen LogP contribution in [0.2, 0.25) is 0 Å². The number of nitrogens with one attached hydrogen (secondary N) is 1. The van der Waals surface area contributed by atoms with Crippen LogP contribution in [0, 0.1) is 12.7 Å². The highest BCUT2D eigenvalue weighted by atomic mass is 19.1. The molecule has 178 valence electrons. The largest absolute Gasteiger partial charge is 0.462 e. The summed E-state index contributed by atoms with van der Waals surface area (Å²) in [6.07, 6.45) is 0.419. The first-order valence-corrected chi connectivity index (χ1v) is 11.4. The van der Waals surface area contributed by atoms with Gasteiger partial charge >= 0.3 is 5.97 Å². The number of aliphatic hydroxyl groups excluding tert-OH is 1. The maximum absolute atomic E-state index is 13.5. The smallest absolute Gasteiger partial charge is 0.308 e. The molecule has 0 spiro atoms. The third kappa shape index (κ3) is 5.69. The number of aliphatic hydroxyl groups is 1. The van der Waals surface area contributed by atoms with Crippen molar-refractivity contribution < 1.29 is 23.8 Å². The summed E-state index contributed by atoms with van der Waals surface area (Å²) in [5.74, 6) is -0.521. The molecule has 3 aromatic rings. The molecular weight excluding hydrogens is 437 g/mol. The molecule has 0 aliphatic carbocycles. The SMILES string of the molecule is Cc1c(C(=O)NCCc2ccccc2)nc(-c2ccc(F)cc2)n1CC[C@@H]1C[C@@H](O)CC(=O)O1. The summed E-state index contributed by atoms with van der Waals surface area (Å²) >= 11 is 0. The first-order valence-electron chi connectivity index (χ1n) is 11.4. The average Bonchev–Trinajstić information content (AvgIpc) is 3.14. The number of rotatable bonds is 8. The van der Waals surface area contributed by atoms with E-state index in [4.69, 9.17) is 4.74 Å². The van der Waals surface area contributed by atoms with Gasteiger partial charge in [-0.25, -0.2) is 9.37 Å². The van der Waals surface area contributed by atoms with Gasteiger partial charge < -0.3 is 19.7 Å². The lowest BCUT2D eigenvalue weighted by Crippen LogP contribution is -2.33. The van der Waals surface area contributed by atoms with Crippen molar-refractivity contribution in [2.75, 3.05) is 6.54 Å². The third-order valence-corrected chi connectivity index (χ3v) is 5.99. The summed E-state index contributed by atoms with van der Waals surface area (Å²) < 4.78 is 20.7. The Kier molecular flexibility index (Phi) is 7.37. The van der Waals surface area contributed by atoms with Crippen molar-refractivity contribution in [1.29, 1.82) is 0 Å². The van der Waals surface area contributed by atoms with E-state index in [0.717, 1.165) is 5.56 Å². The van der Waals surface area contributed by atoms with Crippen LogP contribution < -0.4 is 5.32 Å². The summed E-state index contributed by atoms with van der Waals surface area (Å²) in [7, 11) is 0.